The molecule has 1 aromatic heterocycles. The van der Waals surface area contributed by atoms with Gasteiger partial charge in [-0.2, -0.15) is 0 Å². The van der Waals surface area contributed by atoms with Crippen LogP contribution < -0.4 is 5.73 Å². The molecule has 1 aliphatic rings. The van der Waals surface area contributed by atoms with Gasteiger partial charge in [0, 0.05) is 47.9 Å². The highest BCUT2D eigenvalue weighted by Crippen LogP contribution is 2.38. The molecule has 4 N–H and O–H groups in total. The standard InChI is InChI=1S/C14H15ClN2.C4H4O4/c1-9(16)8-17-5-4-11-6-10-2-3-12(15)7-13(10)14(11)17;5-3(6)1-2-4(7)8/h2-5,7,9H,6,8,16H2,1H3;1-2H,(H,5,6)(H,7,8)/t9-;/m1./s1. The van der Waals surface area contributed by atoms with Gasteiger partial charge in [-0.15, -0.1) is 0 Å². The molecule has 0 bridgehead atoms. The van der Waals surface area contributed by atoms with Crippen LogP contribution in [0, 0.1) is 0 Å². The maximum absolute atomic E-state index is 9.55. The molecule has 1 aromatic carbocycles. The van der Waals surface area contributed by atoms with Crippen LogP contribution >= 0.6 is 11.6 Å². The van der Waals surface area contributed by atoms with Crippen molar-refractivity contribution in [3.63, 3.8) is 0 Å². The molecule has 0 spiro atoms. The largest absolute Gasteiger partial charge is 0.478 e. The molecule has 7 heteroatoms. The van der Waals surface area contributed by atoms with Crippen molar-refractivity contribution >= 4 is 23.5 Å². The van der Waals surface area contributed by atoms with Crippen LogP contribution in [-0.2, 0) is 22.6 Å². The van der Waals surface area contributed by atoms with E-state index in [2.05, 4.69) is 29.0 Å². The SMILES string of the molecule is C[C@@H](N)Cn1ccc2c1-c1cc(Cl)ccc1C2.O=C(O)C=CC(=O)O. The van der Waals surface area contributed by atoms with Crippen LogP contribution in [0.2, 0.25) is 5.02 Å². The lowest BCUT2D eigenvalue weighted by atomic mass is 10.1. The van der Waals surface area contributed by atoms with Crippen molar-refractivity contribution in [1.82, 2.24) is 4.57 Å². The molecule has 2 aromatic rings. The van der Waals surface area contributed by atoms with Crippen molar-refractivity contribution in [1.29, 1.82) is 0 Å². The summed E-state index contributed by atoms with van der Waals surface area (Å²) in [6.07, 6.45) is 4.25. The van der Waals surface area contributed by atoms with Crippen LogP contribution in [0.15, 0.2) is 42.6 Å². The third-order valence-corrected chi connectivity index (χ3v) is 3.84. The minimum absolute atomic E-state index is 0.162. The topological polar surface area (TPSA) is 106 Å². The first-order valence-corrected chi connectivity index (χ1v) is 8.02. The number of carboxylic acids is 2. The van der Waals surface area contributed by atoms with Gasteiger partial charge in [0.15, 0.2) is 0 Å². The summed E-state index contributed by atoms with van der Waals surface area (Å²) in [6.45, 7) is 2.88. The molecule has 25 heavy (non-hydrogen) atoms. The van der Waals surface area contributed by atoms with Crippen LogP contribution in [0.3, 0.4) is 0 Å². The van der Waals surface area contributed by atoms with E-state index in [0.29, 0.717) is 12.2 Å². The Morgan fingerprint density at radius 2 is 1.88 bits per heavy atom. The molecule has 0 saturated carbocycles. The van der Waals surface area contributed by atoms with Crippen LogP contribution in [0.4, 0.5) is 0 Å². The van der Waals surface area contributed by atoms with Gasteiger partial charge in [0.05, 0.1) is 5.69 Å². The number of nitrogens with zero attached hydrogens (tertiary/aromatic N) is 1. The lowest BCUT2D eigenvalue weighted by molar-refractivity contribution is -0.134. The average Bonchev–Trinajstić information content (AvgIpc) is 3.05. The van der Waals surface area contributed by atoms with E-state index in [4.69, 9.17) is 27.5 Å². The molecule has 3 rings (SSSR count). The zero-order valence-corrected chi connectivity index (χ0v) is 14.4. The Labute approximate surface area is 150 Å². The molecule has 6 nitrogen and oxygen atoms in total. The number of aromatic nitrogens is 1. The van der Waals surface area contributed by atoms with Crippen LogP contribution in [0.5, 0.6) is 0 Å². The third kappa shape index (κ3) is 4.95. The first-order chi connectivity index (χ1) is 11.8. The first-order valence-electron chi connectivity index (χ1n) is 7.64. The summed E-state index contributed by atoms with van der Waals surface area (Å²) in [5, 5.41) is 16.4. The van der Waals surface area contributed by atoms with Crippen molar-refractivity contribution in [3.8, 4) is 11.3 Å². The Balaban J connectivity index is 0.000000242. The maximum Gasteiger partial charge on any atom is 0.328 e. The molecule has 0 amide bonds. The van der Waals surface area contributed by atoms with Gasteiger partial charge in [-0.25, -0.2) is 9.59 Å². The molecule has 1 aliphatic carbocycles. The minimum atomic E-state index is -1.26. The quantitative estimate of drug-likeness (QED) is 0.619. The summed E-state index contributed by atoms with van der Waals surface area (Å²) in [5.74, 6) is -2.51. The fraction of sp³-hybridized carbons (Fsp3) is 0.222. The Morgan fingerprint density at radius 3 is 2.44 bits per heavy atom. The predicted octanol–water partition coefficient (Wildman–Crippen LogP) is 2.77. The van der Waals surface area contributed by atoms with E-state index in [1.165, 1.54) is 22.4 Å². The van der Waals surface area contributed by atoms with Gasteiger partial charge in [-0.1, -0.05) is 17.7 Å². The fourth-order valence-corrected chi connectivity index (χ4v) is 2.89. The molecule has 1 atom stereocenters. The predicted molar refractivity (Wildman–Crippen MR) is 95.7 cm³/mol. The van der Waals surface area contributed by atoms with Crippen LogP contribution in [0.25, 0.3) is 11.3 Å². The van der Waals surface area contributed by atoms with Crippen LogP contribution in [0.1, 0.15) is 18.1 Å². The zero-order chi connectivity index (χ0) is 18.6. The van der Waals surface area contributed by atoms with Crippen molar-refractivity contribution in [2.24, 2.45) is 5.73 Å². The average molecular weight is 363 g/mol. The van der Waals surface area contributed by atoms with Gasteiger partial charge >= 0.3 is 11.9 Å². The number of hydrogen-bond acceptors (Lipinski definition) is 3. The van der Waals surface area contributed by atoms with Crippen molar-refractivity contribution in [2.45, 2.75) is 25.9 Å². The molecular formula is C18H19ClN2O4. The Bertz CT molecular complexity index is 808. The normalized spacial score (nSPS) is 12.9. The Hall–Kier alpha value is -2.57. The highest BCUT2D eigenvalue weighted by molar-refractivity contribution is 6.30. The van der Waals surface area contributed by atoms with E-state index in [1.807, 2.05) is 13.0 Å². The summed E-state index contributed by atoms with van der Waals surface area (Å²) in [5.41, 5.74) is 11.2. The second kappa shape index (κ2) is 8.00. The number of aliphatic carboxylic acids is 2. The Morgan fingerprint density at radius 1 is 1.24 bits per heavy atom. The second-order valence-electron chi connectivity index (χ2n) is 5.81. The first kappa shape index (κ1) is 18.8. The molecule has 0 saturated heterocycles. The molecule has 0 unspecified atom stereocenters. The highest BCUT2D eigenvalue weighted by atomic mass is 35.5. The number of rotatable bonds is 4. The third-order valence-electron chi connectivity index (χ3n) is 3.61. The Kier molecular flexibility index (Phi) is 6.01. The number of fused-ring (bicyclic) bond motifs is 3. The van der Waals surface area contributed by atoms with E-state index >= 15 is 0 Å². The van der Waals surface area contributed by atoms with Gasteiger partial charge in [0.1, 0.15) is 0 Å². The number of halogens is 1. The van der Waals surface area contributed by atoms with E-state index < -0.39 is 11.9 Å². The lowest BCUT2D eigenvalue weighted by Gasteiger charge is -2.11. The van der Waals surface area contributed by atoms with Gasteiger partial charge in [0.25, 0.3) is 0 Å². The smallest absolute Gasteiger partial charge is 0.328 e. The highest BCUT2D eigenvalue weighted by Gasteiger charge is 2.22. The van der Waals surface area contributed by atoms with E-state index in [1.54, 1.807) is 0 Å². The summed E-state index contributed by atoms with van der Waals surface area (Å²) < 4.78 is 2.24. The summed E-state index contributed by atoms with van der Waals surface area (Å²) in [4.78, 5) is 19.1. The van der Waals surface area contributed by atoms with Crippen molar-refractivity contribution in [2.75, 3.05) is 0 Å². The molecule has 0 fully saturated rings. The van der Waals surface area contributed by atoms with Gasteiger partial charge in [0.2, 0.25) is 0 Å². The molecular weight excluding hydrogens is 344 g/mol. The van der Waals surface area contributed by atoms with E-state index in [0.717, 1.165) is 18.0 Å². The van der Waals surface area contributed by atoms with Crippen molar-refractivity contribution in [3.05, 3.63) is 58.8 Å². The second-order valence-corrected chi connectivity index (χ2v) is 6.24. The van der Waals surface area contributed by atoms with E-state index in [-0.39, 0.29) is 6.04 Å². The summed E-state index contributed by atoms with van der Waals surface area (Å²) >= 11 is 6.08. The lowest BCUT2D eigenvalue weighted by Crippen LogP contribution is -2.22. The number of hydrogen-bond donors (Lipinski definition) is 3. The maximum atomic E-state index is 9.55. The number of carboxylic acid groups (broad SMARTS) is 2. The zero-order valence-electron chi connectivity index (χ0n) is 13.6. The van der Waals surface area contributed by atoms with Gasteiger partial charge < -0.3 is 20.5 Å². The molecule has 1 heterocycles. The number of benzene rings is 1. The minimum Gasteiger partial charge on any atom is -0.478 e. The molecule has 0 aliphatic heterocycles. The summed E-state index contributed by atoms with van der Waals surface area (Å²) in [6, 6.07) is 8.48. The fourth-order valence-electron chi connectivity index (χ4n) is 2.72. The van der Waals surface area contributed by atoms with Crippen LogP contribution in [-0.4, -0.2) is 32.8 Å². The number of carbonyl (C=O) groups is 2. The van der Waals surface area contributed by atoms with E-state index in [9.17, 15) is 9.59 Å². The number of nitrogens with two attached hydrogens (primary N) is 1. The van der Waals surface area contributed by atoms with Gasteiger partial charge in [-0.05, 0) is 36.2 Å². The molecule has 0 radical (unpaired) electrons. The molecule has 132 valence electrons. The van der Waals surface area contributed by atoms with Crippen molar-refractivity contribution < 1.29 is 19.8 Å². The monoisotopic (exact) mass is 362 g/mol. The van der Waals surface area contributed by atoms with Gasteiger partial charge in [-0.3, -0.25) is 0 Å². The summed E-state index contributed by atoms with van der Waals surface area (Å²) in [7, 11) is 0.